The van der Waals surface area contributed by atoms with Crippen LogP contribution in [0.5, 0.6) is 0 Å². The highest BCUT2D eigenvalue weighted by Crippen LogP contribution is 1.80. The largest absolute Gasteiger partial charge is 0.293 e. The zero-order valence-electron chi connectivity index (χ0n) is 5.07. The van der Waals surface area contributed by atoms with Gasteiger partial charge >= 0.3 is 0 Å². The predicted molar refractivity (Wildman–Crippen MR) is 30.9 cm³/mol. The lowest BCUT2D eigenvalue weighted by molar-refractivity contribution is 0.340. The van der Waals surface area contributed by atoms with Crippen LogP contribution in [-0.4, -0.2) is 25.2 Å². The van der Waals surface area contributed by atoms with E-state index < -0.39 is 0 Å². The summed E-state index contributed by atoms with van der Waals surface area (Å²) in [6.07, 6.45) is 1.15. The molecule has 0 fully saturated rings. The number of nitrogens with one attached hydrogen (secondary N) is 1. The molecular weight excluding hydrogens is 88.1 g/mol. The van der Waals surface area contributed by atoms with Crippen LogP contribution in [0.1, 0.15) is 13.3 Å². The van der Waals surface area contributed by atoms with Gasteiger partial charge in [0.1, 0.15) is 0 Å². The third-order valence-corrected chi connectivity index (χ3v) is 0.875. The molecule has 0 spiro atoms. The van der Waals surface area contributed by atoms with Crippen LogP contribution in [0.3, 0.4) is 0 Å². The second kappa shape index (κ2) is 4.09. The Morgan fingerprint density at radius 3 is 2.29 bits per heavy atom. The summed E-state index contributed by atoms with van der Waals surface area (Å²) < 4.78 is 0. The third kappa shape index (κ3) is 3.76. The maximum atomic E-state index is 6.84. The average molecular weight is 101 g/mol. The second-order valence-corrected chi connectivity index (χ2v) is 1.74. The summed E-state index contributed by atoms with van der Waals surface area (Å²) in [7, 11) is 1.95. The van der Waals surface area contributed by atoms with E-state index >= 15 is 0 Å². The lowest BCUT2D eigenvalue weighted by Gasteiger charge is -2.09. The fraction of sp³-hybridized carbons (Fsp3) is 1.00. The standard InChI is InChI=1S/C5H13N2/c1-3-4-7(2)5-6/h6H,3-5H2,1-2H3. The van der Waals surface area contributed by atoms with Gasteiger partial charge in [0, 0.05) is 0 Å². The Balaban J connectivity index is 2.83. The Morgan fingerprint density at radius 1 is 1.57 bits per heavy atom. The van der Waals surface area contributed by atoms with Crippen molar-refractivity contribution in [3.05, 3.63) is 0 Å². The fourth-order valence-corrected chi connectivity index (χ4v) is 0.461. The van der Waals surface area contributed by atoms with Crippen LogP contribution in [0.2, 0.25) is 0 Å². The van der Waals surface area contributed by atoms with E-state index in [4.69, 9.17) is 5.73 Å². The first-order chi connectivity index (χ1) is 3.31. The molecule has 0 aliphatic rings. The quantitative estimate of drug-likeness (QED) is 0.510. The molecule has 0 saturated heterocycles. The molecular formula is C5H13N2. The van der Waals surface area contributed by atoms with Crippen LogP contribution in [-0.2, 0) is 0 Å². The molecule has 1 radical (unpaired) electrons. The van der Waals surface area contributed by atoms with Gasteiger partial charge in [-0.1, -0.05) is 6.92 Å². The molecule has 0 amide bonds. The molecule has 2 nitrogen and oxygen atoms in total. The molecule has 1 N–H and O–H groups in total. The summed E-state index contributed by atoms with van der Waals surface area (Å²) in [5.74, 6) is 0. The van der Waals surface area contributed by atoms with Crippen molar-refractivity contribution in [1.29, 1.82) is 0 Å². The number of hydrogen-bond acceptors (Lipinski definition) is 1. The Kier molecular flexibility index (Phi) is 4.04. The molecule has 0 heterocycles. The van der Waals surface area contributed by atoms with E-state index in [1.54, 1.807) is 0 Å². The molecule has 0 saturated carbocycles. The van der Waals surface area contributed by atoms with Crippen molar-refractivity contribution >= 4 is 0 Å². The van der Waals surface area contributed by atoms with Gasteiger partial charge in [-0.15, -0.1) is 0 Å². The van der Waals surface area contributed by atoms with Crippen molar-refractivity contribution in [2.24, 2.45) is 0 Å². The molecule has 0 bridgehead atoms. The van der Waals surface area contributed by atoms with Crippen molar-refractivity contribution in [2.75, 3.05) is 20.3 Å². The summed E-state index contributed by atoms with van der Waals surface area (Å²) in [4.78, 5) is 1.97. The average Bonchev–Trinajstić information content (AvgIpc) is 1.68. The minimum Gasteiger partial charge on any atom is -0.293 e. The second-order valence-electron chi connectivity index (χ2n) is 1.74. The van der Waals surface area contributed by atoms with Gasteiger partial charge in [0.15, 0.2) is 0 Å². The highest BCUT2D eigenvalue weighted by Gasteiger charge is 1.87. The van der Waals surface area contributed by atoms with Crippen LogP contribution >= 0.6 is 0 Å². The number of hydrogen-bond donors (Lipinski definition) is 0. The summed E-state index contributed by atoms with van der Waals surface area (Å²) in [5.41, 5.74) is 6.84. The van der Waals surface area contributed by atoms with Crippen molar-refractivity contribution < 1.29 is 0 Å². The molecule has 2 heteroatoms. The Hall–Kier alpha value is -0.0800. The molecule has 43 valence electrons. The van der Waals surface area contributed by atoms with E-state index in [1.807, 2.05) is 11.9 Å². The first-order valence-electron chi connectivity index (χ1n) is 2.64. The van der Waals surface area contributed by atoms with E-state index in [2.05, 4.69) is 6.92 Å². The number of rotatable bonds is 3. The molecule has 0 rings (SSSR count). The first-order valence-corrected chi connectivity index (χ1v) is 2.64. The minimum atomic E-state index is 0.424. The van der Waals surface area contributed by atoms with Gasteiger partial charge in [-0.3, -0.25) is 4.90 Å². The van der Waals surface area contributed by atoms with Gasteiger partial charge in [-0.05, 0) is 20.0 Å². The van der Waals surface area contributed by atoms with Crippen molar-refractivity contribution in [1.82, 2.24) is 10.6 Å². The highest BCUT2D eigenvalue weighted by molar-refractivity contribution is 4.40. The maximum absolute atomic E-state index is 6.84. The van der Waals surface area contributed by atoms with Gasteiger partial charge in [-0.25, -0.2) is 5.73 Å². The van der Waals surface area contributed by atoms with E-state index in [0.29, 0.717) is 6.67 Å². The van der Waals surface area contributed by atoms with E-state index in [-0.39, 0.29) is 0 Å². The topological polar surface area (TPSA) is 27.0 Å². The van der Waals surface area contributed by atoms with Crippen LogP contribution in [0.25, 0.3) is 0 Å². The summed E-state index contributed by atoms with van der Waals surface area (Å²) in [6.45, 7) is 3.59. The van der Waals surface area contributed by atoms with Crippen LogP contribution in [0.4, 0.5) is 0 Å². The molecule has 0 unspecified atom stereocenters. The van der Waals surface area contributed by atoms with Crippen LogP contribution in [0, 0.1) is 0 Å². The van der Waals surface area contributed by atoms with Gasteiger partial charge in [0.2, 0.25) is 0 Å². The van der Waals surface area contributed by atoms with Crippen molar-refractivity contribution in [3.8, 4) is 0 Å². The van der Waals surface area contributed by atoms with Gasteiger partial charge in [0.25, 0.3) is 0 Å². The minimum absolute atomic E-state index is 0.424. The SMILES string of the molecule is CCCN(C)C[NH]. The van der Waals surface area contributed by atoms with Gasteiger partial charge < -0.3 is 0 Å². The van der Waals surface area contributed by atoms with E-state index in [0.717, 1.165) is 13.0 Å². The van der Waals surface area contributed by atoms with E-state index in [1.165, 1.54) is 0 Å². The Labute approximate surface area is 45.3 Å². The fourth-order valence-electron chi connectivity index (χ4n) is 0.461. The van der Waals surface area contributed by atoms with Gasteiger partial charge in [0.05, 0.1) is 6.67 Å². The molecule has 0 aliphatic carbocycles. The molecule has 0 atom stereocenters. The Morgan fingerprint density at radius 2 is 2.14 bits per heavy atom. The first kappa shape index (κ1) is 6.92. The van der Waals surface area contributed by atoms with E-state index in [9.17, 15) is 0 Å². The predicted octanol–water partition coefficient (Wildman–Crippen LogP) is 0.569. The van der Waals surface area contributed by atoms with Crippen LogP contribution < -0.4 is 5.73 Å². The van der Waals surface area contributed by atoms with Crippen molar-refractivity contribution in [3.63, 3.8) is 0 Å². The zero-order chi connectivity index (χ0) is 5.70. The third-order valence-electron chi connectivity index (χ3n) is 0.875. The monoisotopic (exact) mass is 101 g/mol. The van der Waals surface area contributed by atoms with Gasteiger partial charge in [-0.2, -0.15) is 0 Å². The summed E-state index contributed by atoms with van der Waals surface area (Å²) in [6, 6.07) is 0. The zero-order valence-corrected chi connectivity index (χ0v) is 5.07. The smallest absolute Gasteiger partial charge is 0.0612 e. The molecule has 0 aromatic rings. The summed E-state index contributed by atoms with van der Waals surface area (Å²) in [5, 5.41) is 0. The molecule has 0 aromatic heterocycles. The lowest BCUT2D eigenvalue weighted by Crippen LogP contribution is -2.20. The molecule has 0 aromatic carbocycles. The highest BCUT2D eigenvalue weighted by atomic mass is 15.1. The number of nitrogens with zero attached hydrogens (tertiary/aromatic N) is 1. The lowest BCUT2D eigenvalue weighted by atomic mass is 10.5. The molecule has 0 aliphatic heterocycles. The normalized spacial score (nSPS) is 10.3. The maximum Gasteiger partial charge on any atom is 0.0612 e. The Bertz CT molecular complexity index is 37.1. The van der Waals surface area contributed by atoms with Crippen LogP contribution in [0.15, 0.2) is 0 Å². The molecule has 7 heavy (non-hydrogen) atoms. The van der Waals surface area contributed by atoms with Crippen molar-refractivity contribution in [2.45, 2.75) is 13.3 Å². The summed E-state index contributed by atoms with van der Waals surface area (Å²) >= 11 is 0.